The molecule has 1 heterocycles. The predicted molar refractivity (Wildman–Crippen MR) is 42.7 cm³/mol. The molecule has 0 aromatic heterocycles. The van der Waals surface area contributed by atoms with Gasteiger partial charge < -0.3 is 10.5 Å². The van der Waals surface area contributed by atoms with E-state index in [-0.39, 0.29) is 5.11 Å². The highest BCUT2D eigenvalue weighted by molar-refractivity contribution is 7.80. The van der Waals surface area contributed by atoms with Gasteiger partial charge in [-0.15, -0.1) is 0 Å². The molecule has 10 heavy (non-hydrogen) atoms. The van der Waals surface area contributed by atoms with Gasteiger partial charge in [-0.3, -0.25) is 5.43 Å². The fourth-order valence-electron chi connectivity index (χ4n) is 0.546. The Labute approximate surface area is 64.4 Å². The Balaban J connectivity index is 2.10. The van der Waals surface area contributed by atoms with Gasteiger partial charge in [-0.05, 0) is 12.2 Å². The van der Waals surface area contributed by atoms with Crippen LogP contribution in [-0.4, -0.2) is 24.5 Å². The molecule has 1 rings (SSSR count). The molecule has 1 aliphatic rings. The molecule has 1 saturated heterocycles. The van der Waals surface area contributed by atoms with Crippen LogP contribution in [0.3, 0.4) is 0 Å². The minimum atomic E-state index is 0.191. The number of rotatable bonds is 2. The van der Waals surface area contributed by atoms with Gasteiger partial charge >= 0.3 is 0 Å². The molecular weight excluding hydrogens is 150 g/mol. The molecule has 0 amide bonds. The van der Waals surface area contributed by atoms with Crippen LogP contribution in [0, 0.1) is 5.92 Å². The van der Waals surface area contributed by atoms with Crippen molar-refractivity contribution in [3.63, 3.8) is 0 Å². The molecule has 5 heteroatoms. The largest absolute Gasteiger partial charge is 0.380 e. The second-order valence-corrected chi connectivity index (χ2v) is 2.49. The topological polar surface area (TPSA) is 59.6 Å². The molecule has 0 unspecified atom stereocenters. The predicted octanol–water partition coefficient (Wildman–Crippen LogP) is -0.548. The smallest absolute Gasteiger partial charge is 0.184 e. The Morgan fingerprint density at radius 3 is 2.90 bits per heavy atom. The molecule has 3 N–H and O–H groups in total. The molecule has 1 fully saturated rings. The number of thiocarbonyl (C=S) groups is 1. The average molecular weight is 159 g/mol. The van der Waals surface area contributed by atoms with Gasteiger partial charge in [0.25, 0.3) is 0 Å². The van der Waals surface area contributed by atoms with E-state index in [2.05, 4.69) is 22.7 Å². The highest BCUT2D eigenvalue weighted by Crippen LogP contribution is 2.05. The third kappa shape index (κ3) is 2.28. The number of ether oxygens (including phenoxy) is 1. The zero-order valence-corrected chi connectivity index (χ0v) is 6.23. The minimum absolute atomic E-state index is 0.191. The molecule has 0 atom stereocenters. The van der Waals surface area contributed by atoms with Gasteiger partial charge in [0.15, 0.2) is 5.11 Å². The summed E-state index contributed by atoms with van der Waals surface area (Å²) in [4.78, 5) is 0. The summed E-state index contributed by atoms with van der Waals surface area (Å²) < 4.78 is 4.91. The molecule has 0 spiro atoms. The third-order valence-electron chi connectivity index (χ3n) is 1.12. The molecule has 1 aliphatic heterocycles. The van der Waals surface area contributed by atoms with Crippen LogP contribution >= 0.6 is 12.2 Å². The molecule has 56 valence electrons. The Morgan fingerprint density at radius 2 is 2.50 bits per heavy atom. The van der Waals surface area contributed by atoms with Gasteiger partial charge in [-0.2, -0.15) is 5.10 Å². The van der Waals surface area contributed by atoms with E-state index in [1.165, 1.54) is 0 Å². The number of nitrogens with one attached hydrogen (secondary N) is 1. The van der Waals surface area contributed by atoms with Gasteiger partial charge in [0.1, 0.15) is 0 Å². The monoisotopic (exact) mass is 159 g/mol. The molecule has 0 aliphatic carbocycles. The normalized spacial score (nSPS) is 18.8. The minimum Gasteiger partial charge on any atom is -0.380 e. The van der Waals surface area contributed by atoms with Crippen LogP contribution in [0.15, 0.2) is 5.10 Å². The Hall–Kier alpha value is -0.680. The van der Waals surface area contributed by atoms with Crippen molar-refractivity contribution in [2.75, 3.05) is 13.2 Å². The zero-order chi connectivity index (χ0) is 7.40. The first-order valence-corrected chi connectivity index (χ1v) is 3.36. The summed E-state index contributed by atoms with van der Waals surface area (Å²) in [6.07, 6.45) is 1.75. The summed E-state index contributed by atoms with van der Waals surface area (Å²) in [7, 11) is 0. The van der Waals surface area contributed by atoms with Crippen molar-refractivity contribution in [3.8, 4) is 0 Å². The Bertz CT molecular complexity index is 155. The maximum absolute atomic E-state index is 5.11. The lowest BCUT2D eigenvalue weighted by molar-refractivity contribution is 0.00397. The number of nitrogens with two attached hydrogens (primary N) is 1. The maximum Gasteiger partial charge on any atom is 0.184 e. The van der Waals surface area contributed by atoms with Crippen molar-refractivity contribution in [2.45, 2.75) is 0 Å². The third-order valence-corrected chi connectivity index (χ3v) is 1.22. The van der Waals surface area contributed by atoms with Crippen molar-refractivity contribution < 1.29 is 4.74 Å². The van der Waals surface area contributed by atoms with Crippen molar-refractivity contribution in [1.29, 1.82) is 0 Å². The van der Waals surface area contributed by atoms with Crippen molar-refractivity contribution in [1.82, 2.24) is 5.43 Å². The lowest BCUT2D eigenvalue weighted by atomic mass is 10.1. The van der Waals surface area contributed by atoms with Gasteiger partial charge in [0.2, 0.25) is 0 Å². The molecule has 0 radical (unpaired) electrons. The second-order valence-electron chi connectivity index (χ2n) is 2.05. The van der Waals surface area contributed by atoms with Crippen molar-refractivity contribution >= 4 is 23.5 Å². The van der Waals surface area contributed by atoms with Gasteiger partial charge in [0.05, 0.1) is 13.2 Å². The fraction of sp³-hybridized carbons (Fsp3) is 0.600. The highest BCUT2D eigenvalue weighted by Gasteiger charge is 2.14. The van der Waals surface area contributed by atoms with E-state index < -0.39 is 0 Å². The molecular formula is C5H9N3OS. The van der Waals surface area contributed by atoms with Gasteiger partial charge in [0, 0.05) is 12.1 Å². The molecule has 4 nitrogen and oxygen atoms in total. The van der Waals surface area contributed by atoms with Crippen LogP contribution in [0.1, 0.15) is 0 Å². The van der Waals surface area contributed by atoms with E-state index in [1.807, 2.05) is 0 Å². The zero-order valence-electron chi connectivity index (χ0n) is 5.41. The van der Waals surface area contributed by atoms with E-state index in [0.29, 0.717) is 5.92 Å². The summed E-state index contributed by atoms with van der Waals surface area (Å²) >= 11 is 4.52. The first kappa shape index (κ1) is 7.43. The van der Waals surface area contributed by atoms with Gasteiger partial charge in [-0.25, -0.2) is 0 Å². The average Bonchev–Trinajstić information content (AvgIpc) is 1.75. The summed E-state index contributed by atoms with van der Waals surface area (Å²) in [6.45, 7) is 1.50. The summed E-state index contributed by atoms with van der Waals surface area (Å²) in [6, 6.07) is 0. The summed E-state index contributed by atoms with van der Waals surface area (Å²) in [5.74, 6) is 0.432. The van der Waals surface area contributed by atoms with Crippen molar-refractivity contribution in [2.24, 2.45) is 16.8 Å². The molecule has 0 bridgehead atoms. The quantitative estimate of drug-likeness (QED) is 0.322. The second kappa shape index (κ2) is 3.48. The van der Waals surface area contributed by atoms with Crippen LogP contribution in [0.5, 0.6) is 0 Å². The van der Waals surface area contributed by atoms with E-state index in [4.69, 9.17) is 10.5 Å². The molecule has 0 saturated carbocycles. The van der Waals surface area contributed by atoms with E-state index in [1.54, 1.807) is 6.21 Å². The highest BCUT2D eigenvalue weighted by atomic mass is 32.1. The van der Waals surface area contributed by atoms with Crippen LogP contribution in [0.2, 0.25) is 0 Å². The summed E-state index contributed by atoms with van der Waals surface area (Å²) in [5, 5.41) is 3.96. The lowest BCUT2D eigenvalue weighted by Crippen LogP contribution is -2.31. The SMILES string of the molecule is NC(=S)N/N=C\C1COC1. The number of nitrogens with zero attached hydrogens (tertiary/aromatic N) is 1. The van der Waals surface area contributed by atoms with Crippen LogP contribution in [-0.2, 0) is 4.74 Å². The van der Waals surface area contributed by atoms with Crippen LogP contribution < -0.4 is 11.2 Å². The first-order chi connectivity index (χ1) is 4.79. The Morgan fingerprint density at radius 1 is 1.80 bits per heavy atom. The molecule has 0 aromatic rings. The fourth-order valence-corrected chi connectivity index (χ4v) is 0.599. The number of hydrogen-bond acceptors (Lipinski definition) is 3. The lowest BCUT2D eigenvalue weighted by Gasteiger charge is -2.21. The maximum atomic E-state index is 5.11. The van der Waals surface area contributed by atoms with Gasteiger partial charge in [-0.1, -0.05) is 0 Å². The van der Waals surface area contributed by atoms with Crippen LogP contribution in [0.25, 0.3) is 0 Å². The van der Waals surface area contributed by atoms with E-state index >= 15 is 0 Å². The Kier molecular flexibility index (Phi) is 2.58. The van der Waals surface area contributed by atoms with E-state index in [0.717, 1.165) is 13.2 Å². The standard InChI is InChI=1S/C5H9N3OS/c6-5(10)8-7-1-4-2-9-3-4/h1,4H,2-3H2,(H3,6,8,10)/b7-1-. The van der Waals surface area contributed by atoms with Crippen molar-refractivity contribution in [3.05, 3.63) is 0 Å². The summed E-state index contributed by atoms with van der Waals surface area (Å²) in [5.41, 5.74) is 7.58. The first-order valence-electron chi connectivity index (χ1n) is 2.95. The number of hydrogen-bond donors (Lipinski definition) is 2. The molecule has 0 aromatic carbocycles. The van der Waals surface area contributed by atoms with Crippen LogP contribution in [0.4, 0.5) is 0 Å². The van der Waals surface area contributed by atoms with E-state index in [9.17, 15) is 0 Å². The number of hydrazone groups is 1.